The van der Waals surface area contributed by atoms with Crippen LogP contribution in [0.15, 0.2) is 61.2 Å². The zero-order chi connectivity index (χ0) is 24.0. The molecule has 4 aliphatic heterocycles. The molecule has 6 heteroatoms. The first kappa shape index (κ1) is 21.6. The van der Waals surface area contributed by atoms with E-state index < -0.39 is 17.6 Å². The van der Waals surface area contributed by atoms with E-state index in [-0.39, 0.29) is 16.7 Å². The van der Waals surface area contributed by atoms with Crippen molar-refractivity contribution in [2.75, 3.05) is 0 Å². The number of nitrogens with zero attached hydrogens (tertiary/aromatic N) is 4. The van der Waals surface area contributed by atoms with E-state index in [1.54, 1.807) is 0 Å². The molecule has 2 aromatic rings. The minimum absolute atomic E-state index is 0.0825. The fourth-order valence-electron chi connectivity index (χ4n) is 6.04. The summed E-state index contributed by atoms with van der Waals surface area (Å²) in [6.07, 6.45) is 13.9. The van der Waals surface area contributed by atoms with Gasteiger partial charge in [0.25, 0.3) is 0 Å². The molecule has 35 heavy (non-hydrogen) atoms. The van der Waals surface area contributed by atoms with Gasteiger partial charge in [0.15, 0.2) is 0 Å². The van der Waals surface area contributed by atoms with Crippen molar-refractivity contribution in [2.45, 2.75) is 70.1 Å². The average Bonchev–Trinajstić information content (AvgIpc) is 3.58. The first-order valence-electron chi connectivity index (χ1n) is 12.4. The van der Waals surface area contributed by atoms with Crippen LogP contribution in [0.5, 0.6) is 11.5 Å². The van der Waals surface area contributed by atoms with Crippen LogP contribution < -0.4 is 4.74 Å². The number of rotatable bonds is 0. The van der Waals surface area contributed by atoms with Crippen LogP contribution in [0.2, 0.25) is 0 Å². The second kappa shape index (κ2) is 7.19. The van der Waals surface area contributed by atoms with Crippen molar-refractivity contribution >= 4 is 8.29 Å². The van der Waals surface area contributed by atoms with Gasteiger partial charge in [0.2, 0.25) is 0 Å². The Balaban J connectivity index is 1.53. The van der Waals surface area contributed by atoms with Crippen molar-refractivity contribution in [1.82, 2.24) is 19.6 Å². The molecule has 4 heterocycles. The van der Waals surface area contributed by atoms with E-state index in [0.717, 1.165) is 29.9 Å². The second-order valence-corrected chi connectivity index (χ2v) is 13.5. The standard InChI is InChI=1S/C29H30N4O.Pt/c1-27(2)23-9-7-11-25(19-23)34-26-12-8-10-24(20-26)29(13-5-6-14-29)33-18-17-32(22-33)28(3,4)31-16-15-30(27)21-31;/h7-12,15-18H,5-6,13-14H2,1-4H3;/q-2;. The Morgan fingerprint density at radius 3 is 1.94 bits per heavy atom. The first-order valence-corrected chi connectivity index (χ1v) is 14.7. The molecule has 1 spiro atoms. The molecule has 1 aliphatic carbocycles. The van der Waals surface area contributed by atoms with Crippen LogP contribution in [-0.4, -0.2) is 33.6 Å². The van der Waals surface area contributed by atoms with E-state index in [2.05, 4.69) is 108 Å². The van der Waals surface area contributed by atoms with Gasteiger partial charge in [-0.2, -0.15) is 0 Å². The van der Waals surface area contributed by atoms with Gasteiger partial charge in [-0.1, -0.05) is 0 Å². The molecule has 5 nitrogen and oxygen atoms in total. The Morgan fingerprint density at radius 2 is 1.26 bits per heavy atom. The minimum atomic E-state index is -0.466. The Hall–Kier alpha value is -2.65. The molecule has 0 atom stereocenters. The molecule has 1 fully saturated rings. The van der Waals surface area contributed by atoms with Crippen LogP contribution in [0.1, 0.15) is 64.5 Å². The van der Waals surface area contributed by atoms with Crippen LogP contribution in [0.4, 0.5) is 0 Å². The summed E-state index contributed by atoms with van der Waals surface area (Å²) in [6, 6.07) is 19.9. The fourth-order valence-corrected chi connectivity index (χ4v) is 10.6. The monoisotopic (exact) mass is 645 g/mol. The molecule has 0 aromatic heterocycles. The van der Waals surface area contributed by atoms with Crippen LogP contribution in [-0.2, 0) is 28.7 Å². The number of fused-ring (bicyclic) bond motifs is 6. The van der Waals surface area contributed by atoms with Crippen LogP contribution >= 0.6 is 0 Å². The summed E-state index contributed by atoms with van der Waals surface area (Å²) in [5.41, 5.74) is 1.81. The maximum atomic E-state index is 6.37. The zero-order valence-electron chi connectivity index (χ0n) is 20.6. The third kappa shape index (κ3) is 2.91. The molecule has 0 unspecified atom stereocenters. The molecule has 2 aromatic carbocycles. The summed E-state index contributed by atoms with van der Waals surface area (Å²) >= 11 is -0.466. The molecule has 0 saturated heterocycles. The van der Waals surface area contributed by atoms with Crippen molar-refractivity contribution < 1.29 is 22.4 Å². The van der Waals surface area contributed by atoms with Crippen molar-refractivity contribution in [3.63, 3.8) is 0 Å². The summed E-state index contributed by atoms with van der Waals surface area (Å²) in [7, 11) is 0. The van der Waals surface area contributed by atoms with Crippen molar-refractivity contribution in [1.29, 1.82) is 0 Å². The average molecular weight is 646 g/mol. The Bertz CT molecular complexity index is 1360. The van der Waals surface area contributed by atoms with E-state index in [9.17, 15) is 0 Å². The van der Waals surface area contributed by atoms with Gasteiger partial charge in [-0.25, -0.2) is 0 Å². The molecule has 0 amide bonds. The molecule has 184 valence electrons. The SMILES string of the molecule is CC1(C)c2[c-]c(ccc2)Oc2[c-]c(ccc2)C2(CCCC2)N2C=CN3[C]2=[Pt]=[C]2N1C=CN2C3(C)C. The summed E-state index contributed by atoms with van der Waals surface area (Å²) in [5, 5.41) is 0. The van der Waals surface area contributed by atoms with E-state index in [1.165, 1.54) is 26.7 Å². The van der Waals surface area contributed by atoms with E-state index >= 15 is 0 Å². The molecular weight excluding hydrogens is 615 g/mol. The summed E-state index contributed by atoms with van der Waals surface area (Å²) in [5.74, 6) is 1.50. The van der Waals surface area contributed by atoms with E-state index in [0.29, 0.717) is 0 Å². The van der Waals surface area contributed by atoms with Gasteiger partial charge < -0.3 is 0 Å². The number of hydrogen-bond acceptors (Lipinski definition) is 5. The summed E-state index contributed by atoms with van der Waals surface area (Å²) < 4.78 is 9.25. The van der Waals surface area contributed by atoms with Crippen LogP contribution in [0.25, 0.3) is 0 Å². The molecule has 0 N–H and O–H groups in total. The third-order valence-corrected chi connectivity index (χ3v) is 11.4. The van der Waals surface area contributed by atoms with Gasteiger partial charge in [-0.05, 0) is 0 Å². The maximum absolute atomic E-state index is 6.37. The molecule has 6 bridgehead atoms. The van der Waals surface area contributed by atoms with Gasteiger partial charge in [0.1, 0.15) is 0 Å². The normalized spacial score (nSPS) is 24.6. The molecule has 5 aliphatic rings. The molecule has 1 saturated carbocycles. The number of hydrogen-bond donors (Lipinski definition) is 0. The third-order valence-electron chi connectivity index (χ3n) is 8.20. The molecule has 7 rings (SSSR count). The van der Waals surface area contributed by atoms with Gasteiger partial charge >= 0.3 is 216 Å². The van der Waals surface area contributed by atoms with Crippen LogP contribution in [0.3, 0.4) is 0 Å². The quantitative estimate of drug-likeness (QED) is 0.363. The topological polar surface area (TPSA) is 22.2 Å². The molecular formula is C29H30N4OPt-2. The van der Waals surface area contributed by atoms with E-state index in [1.807, 2.05) is 12.1 Å². The van der Waals surface area contributed by atoms with Gasteiger partial charge in [-0.15, -0.1) is 0 Å². The fraction of sp³-hybridized carbons (Fsp3) is 0.379. The van der Waals surface area contributed by atoms with Gasteiger partial charge in [0.05, 0.1) is 0 Å². The van der Waals surface area contributed by atoms with Gasteiger partial charge in [-0.3, -0.25) is 0 Å². The zero-order valence-corrected chi connectivity index (χ0v) is 22.9. The van der Waals surface area contributed by atoms with E-state index in [4.69, 9.17) is 4.74 Å². The summed E-state index contributed by atoms with van der Waals surface area (Å²) in [4.78, 5) is 10.1. The predicted molar refractivity (Wildman–Crippen MR) is 134 cm³/mol. The molecule has 0 radical (unpaired) electrons. The number of ether oxygens (including phenoxy) is 1. The van der Waals surface area contributed by atoms with Crippen molar-refractivity contribution in [2.24, 2.45) is 0 Å². The Kier molecular flexibility index (Phi) is 4.44. The van der Waals surface area contributed by atoms with Crippen LogP contribution in [0, 0.1) is 12.1 Å². The first-order chi connectivity index (χ1) is 16.8. The second-order valence-electron chi connectivity index (χ2n) is 10.9. The van der Waals surface area contributed by atoms with Crippen molar-refractivity contribution in [3.05, 3.63) is 84.5 Å². The Morgan fingerprint density at radius 1 is 0.714 bits per heavy atom. The Labute approximate surface area is 215 Å². The summed E-state index contributed by atoms with van der Waals surface area (Å²) in [6.45, 7) is 9.25. The number of benzene rings is 2. The predicted octanol–water partition coefficient (Wildman–Crippen LogP) is 5.28. The van der Waals surface area contributed by atoms with Crippen molar-refractivity contribution in [3.8, 4) is 11.5 Å². The van der Waals surface area contributed by atoms with Gasteiger partial charge in [0, 0.05) is 0 Å².